The summed E-state index contributed by atoms with van der Waals surface area (Å²) in [7, 11) is 0. The van der Waals surface area contributed by atoms with E-state index >= 15 is 0 Å². The Morgan fingerprint density at radius 2 is 2.25 bits per heavy atom. The summed E-state index contributed by atoms with van der Waals surface area (Å²) in [6, 6.07) is 3.83. The largest absolute Gasteiger partial charge is 0.366 e. The number of aryl methyl sites for hydroxylation is 1. The van der Waals surface area contributed by atoms with E-state index in [4.69, 9.17) is 5.73 Å². The first-order valence-electron chi connectivity index (χ1n) is 3.45. The number of fused-ring (bicyclic) bond motifs is 1. The molecule has 2 aromatic heterocycles. The zero-order chi connectivity index (χ0) is 8.72. The van der Waals surface area contributed by atoms with Gasteiger partial charge in [0.1, 0.15) is 0 Å². The summed E-state index contributed by atoms with van der Waals surface area (Å²) in [6.07, 6.45) is 0. The van der Waals surface area contributed by atoms with Crippen LogP contribution in [0, 0.1) is 6.92 Å². The lowest BCUT2D eigenvalue weighted by Crippen LogP contribution is -1.93. The Hall–Kier alpha value is -1.10. The molecule has 0 aliphatic rings. The Kier molecular flexibility index (Phi) is 1.54. The van der Waals surface area contributed by atoms with Crippen LogP contribution in [0.2, 0.25) is 0 Å². The summed E-state index contributed by atoms with van der Waals surface area (Å²) in [5.74, 6) is 0.302. The van der Waals surface area contributed by atoms with Crippen molar-refractivity contribution in [1.82, 2.24) is 14.6 Å². The van der Waals surface area contributed by atoms with E-state index in [1.54, 1.807) is 4.52 Å². The third-order valence-corrected chi connectivity index (χ3v) is 2.05. The molecule has 0 radical (unpaired) electrons. The number of hydrogen-bond acceptors (Lipinski definition) is 3. The monoisotopic (exact) mass is 226 g/mol. The molecule has 2 rings (SSSR count). The molecule has 62 valence electrons. The molecule has 2 aromatic rings. The highest BCUT2D eigenvalue weighted by atomic mass is 79.9. The molecule has 0 unspecified atom stereocenters. The average Bonchev–Trinajstić information content (AvgIpc) is 2.29. The lowest BCUT2D eigenvalue weighted by Gasteiger charge is -1.96. The molecular weight excluding hydrogens is 220 g/mol. The zero-order valence-electron chi connectivity index (χ0n) is 6.45. The van der Waals surface area contributed by atoms with Gasteiger partial charge in [0.15, 0.2) is 5.65 Å². The molecule has 4 nitrogen and oxygen atoms in total. The van der Waals surface area contributed by atoms with Crippen molar-refractivity contribution in [3.05, 3.63) is 22.3 Å². The SMILES string of the molecule is Cc1cc(Br)cc2nc(N)nn12. The number of aromatic nitrogens is 3. The van der Waals surface area contributed by atoms with E-state index in [0.717, 1.165) is 15.8 Å². The number of rotatable bonds is 0. The number of nitrogens with zero attached hydrogens (tertiary/aromatic N) is 3. The third-order valence-electron chi connectivity index (χ3n) is 1.60. The van der Waals surface area contributed by atoms with E-state index in [1.165, 1.54) is 0 Å². The van der Waals surface area contributed by atoms with Gasteiger partial charge in [-0.1, -0.05) is 15.9 Å². The van der Waals surface area contributed by atoms with Crippen LogP contribution in [0.25, 0.3) is 5.65 Å². The van der Waals surface area contributed by atoms with Gasteiger partial charge < -0.3 is 5.73 Å². The molecule has 0 atom stereocenters. The highest BCUT2D eigenvalue weighted by molar-refractivity contribution is 9.10. The van der Waals surface area contributed by atoms with E-state index in [1.807, 2.05) is 19.1 Å². The van der Waals surface area contributed by atoms with Gasteiger partial charge in [-0.25, -0.2) is 4.52 Å². The van der Waals surface area contributed by atoms with Crippen LogP contribution < -0.4 is 5.73 Å². The maximum absolute atomic E-state index is 5.45. The summed E-state index contributed by atoms with van der Waals surface area (Å²) in [4.78, 5) is 4.03. The minimum Gasteiger partial charge on any atom is -0.366 e. The predicted octanol–water partition coefficient (Wildman–Crippen LogP) is 1.38. The number of pyridine rings is 1. The number of anilines is 1. The van der Waals surface area contributed by atoms with Gasteiger partial charge in [0.05, 0.1) is 0 Å². The van der Waals surface area contributed by atoms with Crippen LogP contribution in [-0.4, -0.2) is 14.6 Å². The first-order valence-corrected chi connectivity index (χ1v) is 4.24. The Bertz CT molecular complexity index is 434. The molecule has 0 amide bonds. The third kappa shape index (κ3) is 1.06. The van der Waals surface area contributed by atoms with Gasteiger partial charge in [0.25, 0.3) is 0 Å². The van der Waals surface area contributed by atoms with Gasteiger partial charge in [-0.15, -0.1) is 5.10 Å². The fourth-order valence-corrected chi connectivity index (χ4v) is 1.66. The number of halogens is 1. The molecule has 0 saturated heterocycles. The van der Waals surface area contributed by atoms with Gasteiger partial charge in [0.2, 0.25) is 5.95 Å². The minimum absolute atomic E-state index is 0.302. The molecule has 0 fully saturated rings. The van der Waals surface area contributed by atoms with Crippen LogP contribution >= 0.6 is 15.9 Å². The van der Waals surface area contributed by atoms with Crippen LogP contribution in [0.4, 0.5) is 5.95 Å². The normalized spacial score (nSPS) is 10.8. The Labute approximate surface area is 77.5 Å². The summed E-state index contributed by atoms with van der Waals surface area (Å²) < 4.78 is 2.69. The van der Waals surface area contributed by atoms with Gasteiger partial charge in [-0.2, -0.15) is 4.98 Å². The topological polar surface area (TPSA) is 56.2 Å². The van der Waals surface area contributed by atoms with Gasteiger partial charge in [-0.3, -0.25) is 0 Å². The fraction of sp³-hybridized carbons (Fsp3) is 0.143. The molecule has 0 aliphatic carbocycles. The predicted molar refractivity (Wildman–Crippen MR) is 49.8 cm³/mol. The first kappa shape index (κ1) is 7.54. The molecule has 5 heteroatoms. The minimum atomic E-state index is 0.302. The first-order chi connectivity index (χ1) is 5.66. The maximum Gasteiger partial charge on any atom is 0.240 e. The van der Waals surface area contributed by atoms with E-state index in [0.29, 0.717) is 5.95 Å². The number of nitrogen functional groups attached to an aromatic ring is 1. The quantitative estimate of drug-likeness (QED) is 0.739. The second kappa shape index (κ2) is 2.45. The van der Waals surface area contributed by atoms with Crippen molar-refractivity contribution in [2.75, 3.05) is 5.73 Å². The summed E-state index contributed by atoms with van der Waals surface area (Å²) in [5, 5.41) is 4.02. The van der Waals surface area contributed by atoms with Crippen LogP contribution in [0.5, 0.6) is 0 Å². The standard InChI is InChI=1S/C7H7BrN4/c1-4-2-5(8)3-6-10-7(9)11-12(4)6/h2-3H,1H3,(H2,9,11). The molecule has 0 aliphatic heterocycles. The number of hydrogen-bond donors (Lipinski definition) is 1. The van der Waals surface area contributed by atoms with Crippen LogP contribution in [0.3, 0.4) is 0 Å². The number of nitrogens with two attached hydrogens (primary N) is 1. The Morgan fingerprint density at radius 3 is 3.00 bits per heavy atom. The van der Waals surface area contributed by atoms with E-state index in [9.17, 15) is 0 Å². The smallest absolute Gasteiger partial charge is 0.240 e. The van der Waals surface area contributed by atoms with Crippen LogP contribution in [0.1, 0.15) is 5.69 Å². The maximum atomic E-state index is 5.45. The molecule has 0 spiro atoms. The van der Waals surface area contributed by atoms with Crippen LogP contribution in [-0.2, 0) is 0 Å². The van der Waals surface area contributed by atoms with Crippen molar-refractivity contribution < 1.29 is 0 Å². The van der Waals surface area contributed by atoms with E-state index in [-0.39, 0.29) is 0 Å². The van der Waals surface area contributed by atoms with Crippen molar-refractivity contribution in [3.63, 3.8) is 0 Å². The molecular formula is C7H7BrN4. The molecule has 0 aromatic carbocycles. The van der Waals surface area contributed by atoms with Gasteiger partial charge in [0, 0.05) is 10.2 Å². The molecule has 2 heterocycles. The highest BCUT2D eigenvalue weighted by Crippen LogP contribution is 2.15. The van der Waals surface area contributed by atoms with Crippen molar-refractivity contribution in [2.45, 2.75) is 6.92 Å². The lowest BCUT2D eigenvalue weighted by atomic mass is 10.4. The Balaban J connectivity index is 2.88. The summed E-state index contributed by atoms with van der Waals surface area (Å²) in [6.45, 7) is 1.95. The van der Waals surface area contributed by atoms with E-state index in [2.05, 4.69) is 26.0 Å². The summed E-state index contributed by atoms with van der Waals surface area (Å²) in [5.41, 5.74) is 7.22. The Morgan fingerprint density at radius 1 is 1.50 bits per heavy atom. The van der Waals surface area contributed by atoms with Crippen molar-refractivity contribution in [2.24, 2.45) is 0 Å². The lowest BCUT2D eigenvalue weighted by molar-refractivity contribution is 0.918. The van der Waals surface area contributed by atoms with Crippen molar-refractivity contribution >= 4 is 27.5 Å². The second-order valence-corrected chi connectivity index (χ2v) is 3.47. The molecule has 0 bridgehead atoms. The second-order valence-electron chi connectivity index (χ2n) is 2.55. The highest BCUT2D eigenvalue weighted by Gasteiger charge is 2.02. The summed E-state index contributed by atoms with van der Waals surface area (Å²) >= 11 is 3.37. The molecule has 2 N–H and O–H groups in total. The van der Waals surface area contributed by atoms with Crippen molar-refractivity contribution in [1.29, 1.82) is 0 Å². The van der Waals surface area contributed by atoms with Gasteiger partial charge in [-0.05, 0) is 19.1 Å². The van der Waals surface area contributed by atoms with Gasteiger partial charge >= 0.3 is 0 Å². The average molecular weight is 227 g/mol. The van der Waals surface area contributed by atoms with Crippen LogP contribution in [0.15, 0.2) is 16.6 Å². The zero-order valence-corrected chi connectivity index (χ0v) is 8.04. The molecule has 12 heavy (non-hydrogen) atoms. The fourth-order valence-electron chi connectivity index (χ4n) is 1.12. The molecule has 0 saturated carbocycles. The van der Waals surface area contributed by atoms with Crippen molar-refractivity contribution in [3.8, 4) is 0 Å². The van der Waals surface area contributed by atoms with E-state index < -0.39 is 0 Å².